The molecular weight excluding hydrogens is 184 g/mol. The van der Waals surface area contributed by atoms with Gasteiger partial charge in [-0.1, -0.05) is 17.7 Å². The van der Waals surface area contributed by atoms with E-state index in [4.69, 9.17) is 15.6 Å². The van der Waals surface area contributed by atoms with E-state index in [1.165, 1.54) is 0 Å². The molecule has 0 amide bonds. The van der Waals surface area contributed by atoms with E-state index in [9.17, 15) is 0 Å². The quantitative estimate of drug-likeness (QED) is 0.546. The number of terminal acetylenes is 1. The molecule has 0 N–H and O–H groups in total. The van der Waals surface area contributed by atoms with Gasteiger partial charge in [-0.3, -0.25) is 0 Å². The van der Waals surface area contributed by atoms with Crippen molar-refractivity contribution in [1.82, 2.24) is 0 Å². The van der Waals surface area contributed by atoms with Gasteiger partial charge in [-0.05, 0) is 25.3 Å². The molecule has 1 heterocycles. The molecular formula is C10H12O2S. The molecule has 0 radical (unpaired) electrons. The van der Waals surface area contributed by atoms with Crippen LogP contribution < -0.4 is 0 Å². The number of rotatable bonds is 4. The Kier molecular flexibility index (Phi) is 3.94. The van der Waals surface area contributed by atoms with E-state index in [2.05, 4.69) is 5.92 Å². The molecule has 13 heavy (non-hydrogen) atoms. The zero-order valence-electron chi connectivity index (χ0n) is 7.74. The summed E-state index contributed by atoms with van der Waals surface area (Å²) in [6, 6.07) is 3.84. The molecule has 0 fully saturated rings. The summed E-state index contributed by atoms with van der Waals surface area (Å²) in [7, 11) is 0. The van der Waals surface area contributed by atoms with E-state index >= 15 is 0 Å². The molecule has 70 valence electrons. The van der Waals surface area contributed by atoms with Crippen LogP contribution in [-0.2, 0) is 4.74 Å². The standard InChI is InChI=1S/C10H12O2S/c1-4-7-11-8(2)9-5-6-10(12-9)13-3/h1,5-6,8H,7H2,2-3H3. The van der Waals surface area contributed by atoms with E-state index in [0.717, 1.165) is 10.9 Å². The third kappa shape index (κ3) is 2.83. The zero-order valence-corrected chi connectivity index (χ0v) is 8.56. The number of hydrogen-bond acceptors (Lipinski definition) is 3. The van der Waals surface area contributed by atoms with Crippen LogP contribution in [0, 0.1) is 12.3 Å². The number of ether oxygens (including phenoxy) is 1. The van der Waals surface area contributed by atoms with Gasteiger partial charge >= 0.3 is 0 Å². The SMILES string of the molecule is C#CCOC(C)c1ccc(SC)o1. The predicted octanol–water partition coefficient (Wildman–Crippen LogP) is 2.71. The lowest BCUT2D eigenvalue weighted by Gasteiger charge is -2.06. The van der Waals surface area contributed by atoms with Crippen LogP contribution in [0.3, 0.4) is 0 Å². The van der Waals surface area contributed by atoms with E-state index in [1.54, 1.807) is 11.8 Å². The van der Waals surface area contributed by atoms with Crippen molar-refractivity contribution in [3.63, 3.8) is 0 Å². The van der Waals surface area contributed by atoms with Crippen LogP contribution in [0.25, 0.3) is 0 Å². The molecule has 0 aliphatic rings. The maximum absolute atomic E-state index is 5.46. The Morgan fingerprint density at radius 3 is 3.00 bits per heavy atom. The fourth-order valence-electron chi connectivity index (χ4n) is 0.918. The highest BCUT2D eigenvalue weighted by atomic mass is 32.2. The van der Waals surface area contributed by atoms with E-state index in [1.807, 2.05) is 25.3 Å². The minimum absolute atomic E-state index is 0.0723. The van der Waals surface area contributed by atoms with Gasteiger partial charge < -0.3 is 9.15 Å². The van der Waals surface area contributed by atoms with Crippen molar-refractivity contribution in [1.29, 1.82) is 0 Å². The molecule has 1 aromatic rings. The van der Waals surface area contributed by atoms with Crippen molar-refractivity contribution in [3.8, 4) is 12.3 Å². The highest BCUT2D eigenvalue weighted by Crippen LogP contribution is 2.24. The highest BCUT2D eigenvalue weighted by Gasteiger charge is 2.09. The summed E-state index contributed by atoms with van der Waals surface area (Å²) in [5, 5.41) is 0.895. The van der Waals surface area contributed by atoms with Crippen LogP contribution in [-0.4, -0.2) is 12.9 Å². The van der Waals surface area contributed by atoms with Crippen molar-refractivity contribution in [2.75, 3.05) is 12.9 Å². The first kappa shape index (κ1) is 10.2. The summed E-state index contributed by atoms with van der Waals surface area (Å²) in [5.41, 5.74) is 0. The summed E-state index contributed by atoms with van der Waals surface area (Å²) in [6.07, 6.45) is 6.97. The first-order valence-electron chi connectivity index (χ1n) is 3.96. The Morgan fingerprint density at radius 1 is 1.69 bits per heavy atom. The van der Waals surface area contributed by atoms with E-state index in [-0.39, 0.29) is 6.10 Å². The van der Waals surface area contributed by atoms with Gasteiger partial charge in [-0.25, -0.2) is 0 Å². The molecule has 0 aliphatic carbocycles. The summed E-state index contributed by atoms with van der Waals surface area (Å²) in [5.74, 6) is 3.24. The smallest absolute Gasteiger partial charge is 0.160 e. The van der Waals surface area contributed by atoms with Crippen molar-refractivity contribution in [2.45, 2.75) is 18.1 Å². The third-order valence-corrected chi connectivity index (χ3v) is 2.24. The van der Waals surface area contributed by atoms with Gasteiger partial charge in [0.1, 0.15) is 18.5 Å². The van der Waals surface area contributed by atoms with Crippen molar-refractivity contribution in [3.05, 3.63) is 17.9 Å². The minimum Gasteiger partial charge on any atom is -0.452 e. The molecule has 0 aromatic carbocycles. The van der Waals surface area contributed by atoms with Gasteiger partial charge in [0.25, 0.3) is 0 Å². The highest BCUT2D eigenvalue weighted by molar-refractivity contribution is 7.98. The van der Waals surface area contributed by atoms with Gasteiger partial charge in [0.2, 0.25) is 0 Å². The van der Waals surface area contributed by atoms with Gasteiger partial charge in [0.05, 0.1) is 0 Å². The van der Waals surface area contributed by atoms with Crippen LogP contribution >= 0.6 is 11.8 Å². The van der Waals surface area contributed by atoms with Crippen molar-refractivity contribution in [2.24, 2.45) is 0 Å². The molecule has 0 saturated heterocycles. The van der Waals surface area contributed by atoms with Gasteiger partial charge in [0, 0.05) is 0 Å². The minimum atomic E-state index is -0.0723. The Hall–Kier alpha value is -0.850. The first-order valence-corrected chi connectivity index (χ1v) is 5.19. The molecule has 1 aromatic heterocycles. The zero-order chi connectivity index (χ0) is 9.68. The second-order valence-electron chi connectivity index (χ2n) is 2.52. The molecule has 0 bridgehead atoms. The van der Waals surface area contributed by atoms with E-state index < -0.39 is 0 Å². The third-order valence-electron chi connectivity index (χ3n) is 1.62. The predicted molar refractivity (Wildman–Crippen MR) is 53.7 cm³/mol. The maximum Gasteiger partial charge on any atom is 0.160 e. The molecule has 1 unspecified atom stereocenters. The molecule has 0 saturated carbocycles. The van der Waals surface area contributed by atoms with Gasteiger partial charge in [-0.2, -0.15) is 0 Å². The molecule has 0 aliphatic heterocycles. The Bertz CT molecular complexity index is 298. The van der Waals surface area contributed by atoms with Crippen molar-refractivity contribution < 1.29 is 9.15 Å². The lowest BCUT2D eigenvalue weighted by Crippen LogP contribution is -1.98. The first-order chi connectivity index (χ1) is 6.27. The average molecular weight is 196 g/mol. The van der Waals surface area contributed by atoms with Crippen molar-refractivity contribution >= 4 is 11.8 Å². The summed E-state index contributed by atoms with van der Waals surface area (Å²) >= 11 is 1.57. The van der Waals surface area contributed by atoms with Crippen LogP contribution in [0.5, 0.6) is 0 Å². The number of thioether (sulfide) groups is 1. The van der Waals surface area contributed by atoms with Crippen LogP contribution in [0.1, 0.15) is 18.8 Å². The van der Waals surface area contributed by atoms with Gasteiger partial charge in [-0.15, -0.1) is 6.42 Å². The summed E-state index contributed by atoms with van der Waals surface area (Å²) in [4.78, 5) is 0. The molecule has 3 heteroatoms. The summed E-state index contributed by atoms with van der Waals surface area (Å²) < 4.78 is 10.8. The molecule has 1 atom stereocenters. The maximum atomic E-state index is 5.46. The largest absolute Gasteiger partial charge is 0.452 e. The fourth-order valence-corrected chi connectivity index (χ4v) is 1.30. The second-order valence-corrected chi connectivity index (χ2v) is 3.33. The average Bonchev–Trinajstić information content (AvgIpc) is 2.62. The normalized spacial score (nSPS) is 12.4. The summed E-state index contributed by atoms with van der Waals surface area (Å²) in [6.45, 7) is 2.23. The number of hydrogen-bond donors (Lipinski definition) is 0. The number of furan rings is 1. The Labute approximate surface area is 82.7 Å². The molecule has 0 spiro atoms. The van der Waals surface area contributed by atoms with Gasteiger partial charge in [0.15, 0.2) is 5.09 Å². The topological polar surface area (TPSA) is 22.4 Å². The molecule has 1 rings (SSSR count). The lowest BCUT2D eigenvalue weighted by molar-refractivity contribution is 0.0723. The fraction of sp³-hybridized carbons (Fsp3) is 0.400. The van der Waals surface area contributed by atoms with Crippen LogP contribution in [0.2, 0.25) is 0 Å². The monoisotopic (exact) mass is 196 g/mol. The van der Waals surface area contributed by atoms with Crippen LogP contribution in [0.4, 0.5) is 0 Å². The second kappa shape index (κ2) is 5.00. The van der Waals surface area contributed by atoms with Crippen LogP contribution in [0.15, 0.2) is 21.6 Å². The lowest BCUT2D eigenvalue weighted by atomic mass is 10.3. The van der Waals surface area contributed by atoms with E-state index in [0.29, 0.717) is 6.61 Å². The Morgan fingerprint density at radius 2 is 2.46 bits per heavy atom. The molecule has 2 nitrogen and oxygen atoms in total. The Balaban J connectivity index is 2.56.